The Balaban J connectivity index is 1.99. The standard InChI is InChI=1S/C13H15F4NO2S/c14-11-6-9(5-10(7-11)13(15,16)17)8-18-12-1-3-21(19,20)4-2-12/h5-7,12,18H,1-4,8H2. The van der Waals surface area contributed by atoms with Crippen molar-refractivity contribution < 1.29 is 26.0 Å². The minimum atomic E-state index is -4.59. The van der Waals surface area contributed by atoms with Gasteiger partial charge in [0.15, 0.2) is 0 Å². The van der Waals surface area contributed by atoms with Crippen molar-refractivity contribution in [3.63, 3.8) is 0 Å². The lowest BCUT2D eigenvalue weighted by atomic mass is 10.1. The van der Waals surface area contributed by atoms with Gasteiger partial charge in [0.1, 0.15) is 15.7 Å². The summed E-state index contributed by atoms with van der Waals surface area (Å²) >= 11 is 0. The van der Waals surface area contributed by atoms with Crippen LogP contribution < -0.4 is 5.32 Å². The van der Waals surface area contributed by atoms with Crippen molar-refractivity contribution in [2.24, 2.45) is 0 Å². The van der Waals surface area contributed by atoms with E-state index in [0.29, 0.717) is 18.9 Å². The van der Waals surface area contributed by atoms with Crippen LogP contribution >= 0.6 is 0 Å². The monoisotopic (exact) mass is 325 g/mol. The second kappa shape index (κ2) is 5.92. The number of hydrogen-bond donors (Lipinski definition) is 1. The molecule has 2 rings (SSSR count). The van der Waals surface area contributed by atoms with Crippen LogP contribution in [0.1, 0.15) is 24.0 Å². The smallest absolute Gasteiger partial charge is 0.310 e. The van der Waals surface area contributed by atoms with Gasteiger partial charge in [-0.15, -0.1) is 0 Å². The van der Waals surface area contributed by atoms with Gasteiger partial charge in [0.2, 0.25) is 0 Å². The van der Waals surface area contributed by atoms with Crippen LogP contribution in [-0.4, -0.2) is 26.0 Å². The third kappa shape index (κ3) is 4.67. The van der Waals surface area contributed by atoms with Gasteiger partial charge in [0.05, 0.1) is 17.1 Å². The molecule has 0 aromatic heterocycles. The molecule has 0 amide bonds. The highest BCUT2D eigenvalue weighted by molar-refractivity contribution is 7.91. The summed E-state index contributed by atoms with van der Waals surface area (Å²) in [5, 5.41) is 2.98. The highest BCUT2D eigenvalue weighted by Gasteiger charge is 2.31. The first-order chi connectivity index (χ1) is 9.66. The zero-order valence-electron chi connectivity index (χ0n) is 11.1. The van der Waals surface area contributed by atoms with Crippen molar-refractivity contribution in [3.05, 3.63) is 35.1 Å². The average Bonchev–Trinajstić information content (AvgIpc) is 2.36. The SMILES string of the molecule is O=S1(=O)CCC(NCc2cc(F)cc(C(F)(F)F)c2)CC1. The van der Waals surface area contributed by atoms with Crippen LogP contribution in [-0.2, 0) is 22.6 Å². The third-order valence-corrected chi connectivity index (χ3v) is 5.15. The molecule has 1 aromatic carbocycles. The van der Waals surface area contributed by atoms with Gasteiger partial charge in [0, 0.05) is 12.6 Å². The van der Waals surface area contributed by atoms with Crippen molar-refractivity contribution in [1.82, 2.24) is 5.32 Å². The molecule has 0 atom stereocenters. The van der Waals surface area contributed by atoms with Gasteiger partial charge in [-0.05, 0) is 36.6 Å². The summed E-state index contributed by atoms with van der Waals surface area (Å²) in [4.78, 5) is 0. The lowest BCUT2D eigenvalue weighted by Gasteiger charge is -2.23. The predicted molar refractivity (Wildman–Crippen MR) is 69.9 cm³/mol. The van der Waals surface area contributed by atoms with Gasteiger partial charge < -0.3 is 5.32 Å². The van der Waals surface area contributed by atoms with Crippen molar-refractivity contribution in [1.29, 1.82) is 0 Å². The molecule has 0 spiro atoms. The molecule has 0 bridgehead atoms. The van der Waals surface area contributed by atoms with Crippen LogP contribution in [0.2, 0.25) is 0 Å². The maximum atomic E-state index is 13.2. The van der Waals surface area contributed by atoms with E-state index in [2.05, 4.69) is 5.32 Å². The summed E-state index contributed by atoms with van der Waals surface area (Å²) in [6.45, 7) is 0.0750. The summed E-state index contributed by atoms with van der Waals surface area (Å²) in [5.74, 6) is -0.795. The Labute approximate surface area is 120 Å². The Morgan fingerprint density at radius 2 is 1.76 bits per heavy atom. The summed E-state index contributed by atoms with van der Waals surface area (Å²) in [5.41, 5.74) is -0.832. The predicted octanol–water partition coefficient (Wildman–Crippen LogP) is 2.51. The lowest BCUT2D eigenvalue weighted by molar-refractivity contribution is -0.137. The molecule has 0 saturated carbocycles. The summed E-state index contributed by atoms with van der Waals surface area (Å²) in [7, 11) is -2.98. The van der Waals surface area contributed by atoms with Crippen molar-refractivity contribution >= 4 is 9.84 Å². The molecule has 21 heavy (non-hydrogen) atoms. The Kier molecular flexibility index (Phi) is 4.57. The van der Waals surface area contributed by atoms with E-state index in [4.69, 9.17) is 0 Å². The van der Waals surface area contributed by atoms with Gasteiger partial charge in [-0.1, -0.05) is 0 Å². The van der Waals surface area contributed by atoms with Crippen LogP contribution in [0.5, 0.6) is 0 Å². The Morgan fingerprint density at radius 1 is 1.14 bits per heavy atom. The molecular formula is C13H15F4NO2S. The van der Waals surface area contributed by atoms with E-state index in [0.717, 1.165) is 12.1 Å². The molecule has 3 nitrogen and oxygen atoms in total. The highest BCUT2D eigenvalue weighted by Crippen LogP contribution is 2.30. The van der Waals surface area contributed by atoms with Crippen LogP contribution in [0.25, 0.3) is 0 Å². The van der Waals surface area contributed by atoms with E-state index in [1.54, 1.807) is 0 Å². The number of halogens is 4. The largest absolute Gasteiger partial charge is 0.416 e. The minimum absolute atomic E-state index is 0.0711. The number of hydrogen-bond acceptors (Lipinski definition) is 3. The molecule has 0 radical (unpaired) electrons. The second-order valence-corrected chi connectivity index (χ2v) is 7.46. The molecule has 1 N–H and O–H groups in total. The Bertz CT molecular complexity index is 599. The van der Waals surface area contributed by atoms with Gasteiger partial charge in [-0.3, -0.25) is 0 Å². The molecule has 1 aliphatic heterocycles. The number of benzene rings is 1. The van der Waals surface area contributed by atoms with Crippen LogP contribution in [0.4, 0.5) is 17.6 Å². The van der Waals surface area contributed by atoms with Crippen molar-refractivity contribution in [2.75, 3.05) is 11.5 Å². The molecule has 0 unspecified atom stereocenters. The zero-order chi connectivity index (χ0) is 15.7. The van der Waals surface area contributed by atoms with Crippen LogP contribution in [0.3, 0.4) is 0 Å². The van der Waals surface area contributed by atoms with E-state index in [1.807, 2.05) is 0 Å². The third-order valence-electron chi connectivity index (χ3n) is 3.43. The minimum Gasteiger partial charge on any atom is -0.310 e. The van der Waals surface area contributed by atoms with Gasteiger partial charge in [-0.2, -0.15) is 13.2 Å². The fourth-order valence-electron chi connectivity index (χ4n) is 2.27. The van der Waals surface area contributed by atoms with Crippen molar-refractivity contribution in [3.8, 4) is 0 Å². The Hall–Kier alpha value is -1.15. The average molecular weight is 325 g/mol. The number of nitrogens with one attached hydrogen (secondary N) is 1. The molecular weight excluding hydrogens is 310 g/mol. The molecule has 1 fully saturated rings. The summed E-state index contributed by atoms with van der Waals surface area (Å²) in [6, 6.07) is 2.32. The summed E-state index contributed by atoms with van der Waals surface area (Å²) < 4.78 is 73.5. The van der Waals surface area contributed by atoms with Gasteiger partial charge in [-0.25, -0.2) is 12.8 Å². The maximum absolute atomic E-state index is 13.2. The van der Waals surface area contributed by atoms with Gasteiger partial charge in [0.25, 0.3) is 0 Å². The van der Waals surface area contributed by atoms with Crippen LogP contribution in [0, 0.1) is 5.82 Å². The zero-order valence-corrected chi connectivity index (χ0v) is 11.9. The fourth-order valence-corrected chi connectivity index (χ4v) is 3.76. The second-order valence-electron chi connectivity index (χ2n) is 5.15. The molecule has 1 heterocycles. The first-order valence-electron chi connectivity index (χ1n) is 6.46. The normalized spacial score (nSPS) is 19.6. The quantitative estimate of drug-likeness (QED) is 0.869. The molecule has 1 aliphatic rings. The van der Waals surface area contributed by atoms with E-state index in [-0.39, 0.29) is 29.7 Å². The van der Waals surface area contributed by atoms with E-state index >= 15 is 0 Å². The van der Waals surface area contributed by atoms with E-state index in [1.165, 1.54) is 0 Å². The fraction of sp³-hybridized carbons (Fsp3) is 0.538. The first-order valence-corrected chi connectivity index (χ1v) is 8.28. The lowest BCUT2D eigenvalue weighted by Crippen LogP contribution is -2.37. The highest BCUT2D eigenvalue weighted by atomic mass is 32.2. The molecule has 1 saturated heterocycles. The van der Waals surface area contributed by atoms with E-state index in [9.17, 15) is 26.0 Å². The first kappa shape index (κ1) is 16.2. The van der Waals surface area contributed by atoms with Crippen LogP contribution in [0.15, 0.2) is 18.2 Å². The number of rotatable bonds is 3. The number of sulfone groups is 1. The maximum Gasteiger partial charge on any atom is 0.416 e. The molecule has 1 aromatic rings. The molecule has 0 aliphatic carbocycles. The Morgan fingerprint density at radius 3 is 2.33 bits per heavy atom. The topological polar surface area (TPSA) is 46.2 Å². The molecule has 118 valence electrons. The van der Waals surface area contributed by atoms with Gasteiger partial charge >= 0.3 is 6.18 Å². The van der Waals surface area contributed by atoms with E-state index < -0.39 is 27.4 Å². The summed E-state index contributed by atoms with van der Waals surface area (Å²) in [6.07, 6.45) is -3.75. The van der Waals surface area contributed by atoms with Crippen molar-refractivity contribution in [2.45, 2.75) is 31.6 Å². The number of alkyl halides is 3. The molecule has 8 heteroatoms.